The number of halogens is 1. The molecular weight excluding hydrogens is 370 g/mol. The van der Waals surface area contributed by atoms with Gasteiger partial charge >= 0.3 is 0 Å². The van der Waals surface area contributed by atoms with Gasteiger partial charge in [0.25, 0.3) is 0 Å². The molecule has 1 N–H and O–H groups in total. The first-order valence-electron chi connectivity index (χ1n) is 9.01. The molecule has 1 saturated heterocycles. The summed E-state index contributed by atoms with van der Waals surface area (Å²) in [4.78, 5) is 12.9. The Morgan fingerprint density at radius 1 is 1.48 bits per heavy atom. The number of aromatic nitrogens is 2. The number of ether oxygens (including phenoxy) is 3. The largest absolute Gasteiger partial charge is 0.491 e. The van der Waals surface area contributed by atoms with Crippen LogP contribution in [0.5, 0.6) is 5.75 Å². The third-order valence-corrected chi connectivity index (χ3v) is 5.24. The number of benzene rings is 1. The molecule has 1 amide bonds. The number of hydrogen-bond donors (Lipinski definition) is 1. The van der Waals surface area contributed by atoms with Crippen molar-refractivity contribution in [3.05, 3.63) is 46.7 Å². The Labute approximate surface area is 162 Å². The molecule has 1 fully saturated rings. The summed E-state index contributed by atoms with van der Waals surface area (Å²) in [6.07, 6.45) is 4.07. The minimum absolute atomic E-state index is 0.0384. The van der Waals surface area contributed by atoms with E-state index in [9.17, 15) is 4.79 Å². The first kappa shape index (κ1) is 18.3. The number of fused-ring (bicyclic) bond motifs is 1. The number of methoxy groups -OCH3 is 1. The number of rotatable bonds is 6. The molecule has 0 bridgehead atoms. The van der Waals surface area contributed by atoms with Crippen LogP contribution in [-0.4, -0.2) is 42.6 Å². The molecule has 0 spiro atoms. The van der Waals surface area contributed by atoms with E-state index in [0.29, 0.717) is 37.8 Å². The standard InChI is InChI=1S/C19H22ClN3O4/c1-25-7-5-23-10-12(9-21-23)18-14(4-6-26-18)19(24)22-16-11-27-17-3-2-13(20)8-15(16)17/h2-3,8-10,14,16,18H,4-7,11H2,1H3,(H,22,24)/t14-,16-,18+/m0/s1. The topological polar surface area (TPSA) is 74.6 Å². The highest BCUT2D eigenvalue weighted by atomic mass is 35.5. The average Bonchev–Trinajstić information content (AvgIpc) is 3.39. The summed E-state index contributed by atoms with van der Waals surface area (Å²) in [5.41, 5.74) is 1.83. The fraction of sp³-hybridized carbons (Fsp3) is 0.474. The van der Waals surface area contributed by atoms with E-state index in [1.54, 1.807) is 24.1 Å². The van der Waals surface area contributed by atoms with Crippen LogP contribution in [0.15, 0.2) is 30.6 Å². The summed E-state index contributed by atoms with van der Waals surface area (Å²) in [5, 5.41) is 8.05. The van der Waals surface area contributed by atoms with Crippen molar-refractivity contribution in [1.29, 1.82) is 0 Å². The number of carbonyl (C=O) groups is 1. The number of hydrogen-bond acceptors (Lipinski definition) is 5. The summed E-state index contributed by atoms with van der Waals surface area (Å²) in [6.45, 7) is 2.21. The highest BCUT2D eigenvalue weighted by Gasteiger charge is 2.38. The molecule has 144 valence electrons. The molecule has 7 nitrogen and oxygen atoms in total. The van der Waals surface area contributed by atoms with Crippen LogP contribution in [0.3, 0.4) is 0 Å². The van der Waals surface area contributed by atoms with Gasteiger partial charge < -0.3 is 19.5 Å². The molecule has 0 saturated carbocycles. The zero-order valence-corrected chi connectivity index (χ0v) is 15.8. The van der Waals surface area contributed by atoms with Gasteiger partial charge in [0, 0.05) is 36.1 Å². The Kier molecular flexibility index (Phi) is 5.33. The molecule has 1 aromatic heterocycles. The van der Waals surface area contributed by atoms with Crippen molar-refractivity contribution in [2.75, 3.05) is 26.9 Å². The van der Waals surface area contributed by atoms with Gasteiger partial charge in [0.15, 0.2) is 0 Å². The van der Waals surface area contributed by atoms with Gasteiger partial charge in [0.1, 0.15) is 12.4 Å². The molecule has 0 radical (unpaired) electrons. The van der Waals surface area contributed by atoms with Gasteiger partial charge in [-0.1, -0.05) is 11.6 Å². The summed E-state index contributed by atoms with van der Waals surface area (Å²) in [5.74, 6) is 0.472. The van der Waals surface area contributed by atoms with Crippen molar-refractivity contribution in [2.45, 2.75) is 25.1 Å². The Balaban J connectivity index is 1.44. The maximum Gasteiger partial charge on any atom is 0.226 e. The van der Waals surface area contributed by atoms with Crippen LogP contribution in [0.1, 0.15) is 29.7 Å². The molecule has 2 aromatic rings. The minimum Gasteiger partial charge on any atom is -0.491 e. The van der Waals surface area contributed by atoms with Crippen molar-refractivity contribution in [2.24, 2.45) is 5.92 Å². The SMILES string of the molecule is COCCn1cc([C@H]2OCC[C@@H]2C(=O)N[C@H]2COc3ccc(Cl)cc32)cn1. The van der Waals surface area contributed by atoms with E-state index in [1.807, 2.05) is 18.3 Å². The second-order valence-corrected chi connectivity index (χ2v) is 7.21. The van der Waals surface area contributed by atoms with Crippen molar-refractivity contribution in [3.63, 3.8) is 0 Å². The van der Waals surface area contributed by atoms with Crippen molar-refractivity contribution in [3.8, 4) is 5.75 Å². The van der Waals surface area contributed by atoms with Crippen LogP contribution < -0.4 is 10.1 Å². The number of amides is 1. The van der Waals surface area contributed by atoms with E-state index in [1.165, 1.54) is 0 Å². The Hall–Kier alpha value is -2.09. The first-order valence-corrected chi connectivity index (χ1v) is 9.39. The monoisotopic (exact) mass is 391 g/mol. The minimum atomic E-state index is -0.289. The Morgan fingerprint density at radius 2 is 2.37 bits per heavy atom. The predicted molar refractivity (Wildman–Crippen MR) is 98.7 cm³/mol. The van der Waals surface area contributed by atoms with E-state index in [0.717, 1.165) is 16.9 Å². The summed E-state index contributed by atoms with van der Waals surface area (Å²) >= 11 is 6.09. The molecule has 2 aliphatic rings. The zero-order chi connectivity index (χ0) is 18.8. The molecule has 3 atom stereocenters. The summed E-state index contributed by atoms with van der Waals surface area (Å²) < 4.78 is 18.4. The summed E-state index contributed by atoms with van der Waals surface area (Å²) in [6, 6.07) is 5.26. The van der Waals surface area contributed by atoms with Crippen LogP contribution in [0, 0.1) is 5.92 Å². The van der Waals surface area contributed by atoms with Gasteiger partial charge in [-0.15, -0.1) is 0 Å². The molecule has 8 heteroatoms. The van der Waals surface area contributed by atoms with Crippen molar-refractivity contribution >= 4 is 17.5 Å². The maximum atomic E-state index is 12.9. The smallest absolute Gasteiger partial charge is 0.226 e. The van der Waals surface area contributed by atoms with E-state index in [4.69, 9.17) is 25.8 Å². The van der Waals surface area contributed by atoms with Crippen LogP contribution in [0.2, 0.25) is 5.02 Å². The molecule has 4 rings (SSSR count). The van der Waals surface area contributed by atoms with Gasteiger partial charge in [-0.25, -0.2) is 0 Å². The lowest BCUT2D eigenvalue weighted by Crippen LogP contribution is -2.35. The molecular formula is C19H22ClN3O4. The van der Waals surface area contributed by atoms with Gasteiger partial charge in [0.05, 0.1) is 37.4 Å². The average molecular weight is 392 g/mol. The van der Waals surface area contributed by atoms with Crippen LogP contribution in [0.4, 0.5) is 0 Å². The zero-order valence-electron chi connectivity index (χ0n) is 15.1. The highest BCUT2D eigenvalue weighted by molar-refractivity contribution is 6.30. The fourth-order valence-electron chi connectivity index (χ4n) is 3.60. The Morgan fingerprint density at radius 3 is 3.22 bits per heavy atom. The summed E-state index contributed by atoms with van der Waals surface area (Å²) in [7, 11) is 1.66. The second-order valence-electron chi connectivity index (χ2n) is 6.77. The van der Waals surface area contributed by atoms with Crippen molar-refractivity contribution < 1.29 is 19.0 Å². The van der Waals surface area contributed by atoms with Gasteiger partial charge in [-0.2, -0.15) is 5.10 Å². The Bertz CT molecular complexity index is 825. The van der Waals surface area contributed by atoms with E-state index in [2.05, 4.69) is 10.4 Å². The molecule has 27 heavy (non-hydrogen) atoms. The van der Waals surface area contributed by atoms with Gasteiger partial charge in [0.2, 0.25) is 5.91 Å². The van der Waals surface area contributed by atoms with E-state index in [-0.39, 0.29) is 24.0 Å². The van der Waals surface area contributed by atoms with Crippen LogP contribution >= 0.6 is 11.6 Å². The van der Waals surface area contributed by atoms with E-state index >= 15 is 0 Å². The van der Waals surface area contributed by atoms with E-state index < -0.39 is 0 Å². The van der Waals surface area contributed by atoms with Crippen molar-refractivity contribution in [1.82, 2.24) is 15.1 Å². The lowest BCUT2D eigenvalue weighted by molar-refractivity contribution is -0.127. The number of nitrogens with zero attached hydrogens (tertiary/aromatic N) is 2. The van der Waals surface area contributed by atoms with Gasteiger partial charge in [-0.3, -0.25) is 9.48 Å². The molecule has 0 unspecified atom stereocenters. The molecule has 2 aliphatic heterocycles. The fourth-order valence-corrected chi connectivity index (χ4v) is 3.78. The quantitative estimate of drug-likeness (QED) is 0.819. The molecule has 3 heterocycles. The molecule has 0 aliphatic carbocycles. The van der Waals surface area contributed by atoms with Gasteiger partial charge in [-0.05, 0) is 24.6 Å². The lowest BCUT2D eigenvalue weighted by atomic mass is 9.95. The van der Waals surface area contributed by atoms with Crippen LogP contribution in [-0.2, 0) is 20.8 Å². The van der Waals surface area contributed by atoms with Crippen LogP contribution in [0.25, 0.3) is 0 Å². The third kappa shape index (κ3) is 3.81. The first-order chi connectivity index (χ1) is 13.2. The lowest BCUT2D eigenvalue weighted by Gasteiger charge is -2.19. The highest BCUT2D eigenvalue weighted by Crippen LogP contribution is 2.37. The predicted octanol–water partition coefficient (Wildman–Crippen LogP) is 2.51. The third-order valence-electron chi connectivity index (χ3n) is 5.00. The normalized spacial score (nSPS) is 23.9. The number of nitrogens with one attached hydrogen (secondary N) is 1. The maximum absolute atomic E-state index is 12.9. The molecule has 1 aromatic carbocycles. The number of carbonyl (C=O) groups excluding carboxylic acids is 1. The second kappa shape index (κ2) is 7.88.